The van der Waals surface area contributed by atoms with Crippen LogP contribution in [0.1, 0.15) is 16.7 Å². The first-order chi connectivity index (χ1) is 10.2. The van der Waals surface area contributed by atoms with Gasteiger partial charge in [0.25, 0.3) is 0 Å². The quantitative estimate of drug-likeness (QED) is 0.795. The molecule has 0 radical (unpaired) electrons. The van der Waals surface area contributed by atoms with Gasteiger partial charge in [-0.3, -0.25) is 0 Å². The highest BCUT2D eigenvalue weighted by Crippen LogP contribution is 2.09. The Kier molecular flexibility index (Phi) is 5.60. The summed E-state index contributed by atoms with van der Waals surface area (Å²) in [5.41, 5.74) is 8.67. The van der Waals surface area contributed by atoms with Gasteiger partial charge in [-0.15, -0.1) is 0 Å². The van der Waals surface area contributed by atoms with E-state index < -0.39 is 0 Å². The molecular formula is C16H18ClN3O. The molecule has 0 aliphatic carbocycles. The minimum absolute atomic E-state index is 0.205. The molecule has 2 aromatic rings. The SMILES string of the molecule is NCc1cccc(CNC(=O)NCc2ccc(Cl)cc2)c1. The maximum absolute atomic E-state index is 11.7. The van der Waals surface area contributed by atoms with E-state index in [1.165, 1.54) is 0 Å². The van der Waals surface area contributed by atoms with E-state index in [9.17, 15) is 4.79 Å². The third-order valence-corrected chi connectivity index (χ3v) is 3.30. The molecular weight excluding hydrogens is 286 g/mol. The summed E-state index contributed by atoms with van der Waals surface area (Å²) in [6.45, 7) is 1.43. The molecule has 0 spiro atoms. The van der Waals surface area contributed by atoms with Gasteiger partial charge in [-0.25, -0.2) is 4.79 Å². The first-order valence-electron chi connectivity index (χ1n) is 6.71. The molecule has 0 fully saturated rings. The molecule has 0 aromatic heterocycles. The van der Waals surface area contributed by atoms with Gasteiger partial charge in [-0.05, 0) is 28.8 Å². The second-order valence-corrected chi connectivity index (χ2v) is 5.12. The summed E-state index contributed by atoms with van der Waals surface area (Å²) in [7, 11) is 0. The van der Waals surface area contributed by atoms with Crippen LogP contribution in [-0.4, -0.2) is 6.03 Å². The Morgan fingerprint density at radius 1 is 0.952 bits per heavy atom. The summed E-state index contributed by atoms with van der Waals surface area (Å²) in [6, 6.07) is 15.0. The average Bonchev–Trinajstić information content (AvgIpc) is 2.52. The normalized spacial score (nSPS) is 10.2. The molecule has 4 N–H and O–H groups in total. The standard InChI is InChI=1S/C16H18ClN3O/c17-15-6-4-12(5-7-15)10-19-16(21)20-11-14-3-1-2-13(8-14)9-18/h1-8H,9-11,18H2,(H2,19,20,21). The third-order valence-electron chi connectivity index (χ3n) is 3.05. The Balaban J connectivity index is 1.78. The van der Waals surface area contributed by atoms with Gasteiger partial charge in [0.2, 0.25) is 0 Å². The largest absolute Gasteiger partial charge is 0.334 e. The van der Waals surface area contributed by atoms with Crippen LogP contribution < -0.4 is 16.4 Å². The van der Waals surface area contributed by atoms with Crippen molar-refractivity contribution in [2.75, 3.05) is 0 Å². The number of rotatable bonds is 5. The van der Waals surface area contributed by atoms with Crippen molar-refractivity contribution in [1.82, 2.24) is 10.6 Å². The molecule has 0 unspecified atom stereocenters. The van der Waals surface area contributed by atoms with Gasteiger partial charge < -0.3 is 16.4 Å². The number of nitrogens with two attached hydrogens (primary N) is 1. The molecule has 5 heteroatoms. The molecule has 0 bridgehead atoms. The fourth-order valence-corrected chi connectivity index (χ4v) is 2.02. The van der Waals surface area contributed by atoms with Gasteiger partial charge >= 0.3 is 6.03 Å². The fraction of sp³-hybridized carbons (Fsp3) is 0.188. The van der Waals surface area contributed by atoms with Crippen LogP contribution in [0.5, 0.6) is 0 Å². The Morgan fingerprint density at radius 3 is 2.24 bits per heavy atom. The number of hydrogen-bond acceptors (Lipinski definition) is 2. The highest BCUT2D eigenvalue weighted by atomic mass is 35.5. The smallest absolute Gasteiger partial charge is 0.315 e. The highest BCUT2D eigenvalue weighted by Gasteiger charge is 2.01. The van der Waals surface area contributed by atoms with Crippen LogP contribution in [0.3, 0.4) is 0 Å². The molecule has 0 saturated heterocycles. The van der Waals surface area contributed by atoms with E-state index in [1.807, 2.05) is 36.4 Å². The van der Waals surface area contributed by atoms with Crippen LogP contribution in [0.25, 0.3) is 0 Å². The van der Waals surface area contributed by atoms with Crippen molar-refractivity contribution >= 4 is 17.6 Å². The Morgan fingerprint density at radius 2 is 1.57 bits per heavy atom. The fourth-order valence-electron chi connectivity index (χ4n) is 1.90. The highest BCUT2D eigenvalue weighted by molar-refractivity contribution is 6.30. The van der Waals surface area contributed by atoms with Crippen LogP contribution in [0.2, 0.25) is 5.02 Å². The predicted octanol–water partition coefficient (Wildman–Crippen LogP) is 2.80. The lowest BCUT2D eigenvalue weighted by atomic mass is 10.1. The van der Waals surface area contributed by atoms with E-state index in [1.54, 1.807) is 12.1 Å². The summed E-state index contributed by atoms with van der Waals surface area (Å²) >= 11 is 5.81. The minimum Gasteiger partial charge on any atom is -0.334 e. The van der Waals surface area contributed by atoms with E-state index in [-0.39, 0.29) is 6.03 Å². The summed E-state index contributed by atoms with van der Waals surface area (Å²) in [5.74, 6) is 0. The summed E-state index contributed by atoms with van der Waals surface area (Å²) in [5, 5.41) is 6.30. The molecule has 0 heterocycles. The maximum atomic E-state index is 11.7. The lowest BCUT2D eigenvalue weighted by molar-refractivity contribution is 0.240. The molecule has 21 heavy (non-hydrogen) atoms. The zero-order valence-corrected chi connectivity index (χ0v) is 12.4. The zero-order valence-electron chi connectivity index (χ0n) is 11.6. The van der Waals surface area contributed by atoms with Gasteiger partial charge in [0, 0.05) is 24.7 Å². The number of urea groups is 1. The molecule has 2 amide bonds. The summed E-state index contributed by atoms with van der Waals surface area (Å²) in [4.78, 5) is 11.7. The van der Waals surface area contributed by atoms with Crippen LogP contribution >= 0.6 is 11.6 Å². The number of halogens is 1. The number of carbonyl (C=O) groups is 1. The van der Waals surface area contributed by atoms with Crippen molar-refractivity contribution in [2.24, 2.45) is 5.73 Å². The van der Waals surface area contributed by atoms with Crippen LogP contribution in [0.4, 0.5) is 4.79 Å². The second-order valence-electron chi connectivity index (χ2n) is 4.69. The predicted molar refractivity (Wildman–Crippen MR) is 84.9 cm³/mol. The van der Waals surface area contributed by atoms with Crippen molar-refractivity contribution in [3.05, 3.63) is 70.2 Å². The van der Waals surface area contributed by atoms with Crippen molar-refractivity contribution in [3.63, 3.8) is 0 Å². The molecule has 2 aromatic carbocycles. The number of carbonyl (C=O) groups excluding carboxylic acids is 1. The van der Waals surface area contributed by atoms with Gasteiger partial charge in [-0.2, -0.15) is 0 Å². The van der Waals surface area contributed by atoms with E-state index in [4.69, 9.17) is 17.3 Å². The van der Waals surface area contributed by atoms with E-state index >= 15 is 0 Å². The number of amides is 2. The molecule has 4 nitrogen and oxygen atoms in total. The molecule has 0 saturated carbocycles. The first-order valence-corrected chi connectivity index (χ1v) is 7.09. The number of benzene rings is 2. The van der Waals surface area contributed by atoms with Crippen molar-refractivity contribution in [2.45, 2.75) is 19.6 Å². The van der Waals surface area contributed by atoms with E-state index in [2.05, 4.69) is 10.6 Å². The molecule has 0 aliphatic heterocycles. The Hall–Kier alpha value is -2.04. The van der Waals surface area contributed by atoms with Crippen molar-refractivity contribution < 1.29 is 4.79 Å². The zero-order chi connectivity index (χ0) is 15.1. The molecule has 0 aliphatic rings. The van der Waals surface area contributed by atoms with Gasteiger partial charge in [0.05, 0.1) is 0 Å². The van der Waals surface area contributed by atoms with Gasteiger partial charge in [-0.1, -0.05) is 48.0 Å². The maximum Gasteiger partial charge on any atom is 0.315 e. The van der Waals surface area contributed by atoms with Crippen molar-refractivity contribution in [1.29, 1.82) is 0 Å². The molecule has 0 atom stereocenters. The summed E-state index contributed by atoms with van der Waals surface area (Å²) in [6.07, 6.45) is 0. The van der Waals surface area contributed by atoms with Crippen LogP contribution in [-0.2, 0) is 19.6 Å². The van der Waals surface area contributed by atoms with Crippen LogP contribution in [0, 0.1) is 0 Å². The average molecular weight is 304 g/mol. The first kappa shape index (κ1) is 15.4. The Labute approximate surface area is 129 Å². The monoisotopic (exact) mass is 303 g/mol. The molecule has 2 rings (SSSR count). The lowest BCUT2D eigenvalue weighted by Crippen LogP contribution is -2.34. The lowest BCUT2D eigenvalue weighted by Gasteiger charge is -2.08. The van der Waals surface area contributed by atoms with Crippen molar-refractivity contribution in [3.8, 4) is 0 Å². The van der Waals surface area contributed by atoms with Gasteiger partial charge in [0.1, 0.15) is 0 Å². The van der Waals surface area contributed by atoms with E-state index in [0.29, 0.717) is 24.7 Å². The van der Waals surface area contributed by atoms with Crippen LogP contribution in [0.15, 0.2) is 48.5 Å². The Bertz CT molecular complexity index is 599. The van der Waals surface area contributed by atoms with E-state index in [0.717, 1.165) is 16.7 Å². The third kappa shape index (κ3) is 5.10. The van der Waals surface area contributed by atoms with Gasteiger partial charge in [0.15, 0.2) is 0 Å². The topological polar surface area (TPSA) is 67.1 Å². The summed E-state index contributed by atoms with van der Waals surface area (Å²) < 4.78 is 0. The minimum atomic E-state index is -0.205. The number of nitrogens with one attached hydrogen (secondary N) is 2. The second kappa shape index (κ2) is 7.67. The number of hydrogen-bond donors (Lipinski definition) is 3. The molecule has 110 valence electrons.